The Morgan fingerprint density at radius 2 is 2.18 bits per heavy atom. The number of amides is 1. The number of carbonyl (C=O) groups excluding carboxylic acids is 2. The molecule has 0 aliphatic rings. The number of carbonyl (C=O) groups is 2. The van der Waals surface area contributed by atoms with Crippen molar-refractivity contribution >= 4 is 40.1 Å². The molecule has 0 aliphatic heterocycles. The first kappa shape index (κ1) is 13.9. The average Bonchev–Trinajstić information content (AvgIpc) is 2.74. The first-order chi connectivity index (χ1) is 8.15. The molecule has 8 heteroatoms. The Morgan fingerprint density at radius 3 is 2.82 bits per heavy atom. The van der Waals surface area contributed by atoms with Crippen molar-refractivity contribution < 1.29 is 14.3 Å². The zero-order chi connectivity index (χ0) is 12.7. The molecule has 0 atom stereocenters. The van der Waals surface area contributed by atoms with Crippen LogP contribution in [0.4, 0.5) is 5.13 Å². The van der Waals surface area contributed by atoms with E-state index in [0.29, 0.717) is 22.5 Å². The van der Waals surface area contributed by atoms with Crippen molar-refractivity contribution in [3.8, 4) is 0 Å². The molecule has 1 amide bonds. The maximum absolute atomic E-state index is 11.1. The molecular formula is C9H13N3O3S2. The van der Waals surface area contributed by atoms with Crippen LogP contribution in [0.25, 0.3) is 0 Å². The molecule has 1 aromatic rings. The zero-order valence-electron chi connectivity index (χ0n) is 9.56. The molecule has 0 saturated heterocycles. The minimum absolute atomic E-state index is 0.108. The Labute approximate surface area is 107 Å². The summed E-state index contributed by atoms with van der Waals surface area (Å²) in [4.78, 5) is 22.2. The van der Waals surface area contributed by atoms with Crippen LogP contribution in [-0.4, -0.2) is 34.4 Å². The van der Waals surface area contributed by atoms with Gasteiger partial charge in [-0.05, 0) is 6.92 Å². The van der Waals surface area contributed by atoms with Gasteiger partial charge in [-0.2, -0.15) is 0 Å². The number of hydrogen-bond donors (Lipinski definition) is 1. The second kappa shape index (κ2) is 7.23. The largest absolute Gasteiger partial charge is 0.465 e. The fourth-order valence-corrected chi connectivity index (χ4v) is 2.42. The van der Waals surface area contributed by atoms with Crippen LogP contribution in [0.3, 0.4) is 0 Å². The molecular weight excluding hydrogens is 262 g/mol. The van der Waals surface area contributed by atoms with Gasteiger partial charge >= 0.3 is 5.97 Å². The topological polar surface area (TPSA) is 81.2 Å². The lowest BCUT2D eigenvalue weighted by molar-refractivity contribution is -0.139. The van der Waals surface area contributed by atoms with Gasteiger partial charge in [0.15, 0.2) is 4.34 Å². The van der Waals surface area contributed by atoms with Crippen LogP contribution < -0.4 is 5.32 Å². The molecule has 0 bridgehead atoms. The minimum atomic E-state index is -0.285. The van der Waals surface area contributed by atoms with E-state index in [4.69, 9.17) is 4.74 Å². The van der Waals surface area contributed by atoms with Gasteiger partial charge in [-0.25, -0.2) is 0 Å². The van der Waals surface area contributed by atoms with E-state index in [9.17, 15) is 9.59 Å². The minimum Gasteiger partial charge on any atom is -0.465 e. The van der Waals surface area contributed by atoms with Gasteiger partial charge in [-0.3, -0.25) is 9.59 Å². The van der Waals surface area contributed by atoms with Gasteiger partial charge in [0.25, 0.3) is 0 Å². The van der Waals surface area contributed by atoms with Crippen molar-refractivity contribution in [1.82, 2.24) is 10.2 Å². The first-order valence-electron chi connectivity index (χ1n) is 5.07. The second-order valence-electron chi connectivity index (χ2n) is 2.87. The average molecular weight is 275 g/mol. The summed E-state index contributed by atoms with van der Waals surface area (Å²) in [5.41, 5.74) is 0. The Kier molecular flexibility index (Phi) is 5.92. The van der Waals surface area contributed by atoms with Gasteiger partial charge < -0.3 is 10.1 Å². The Morgan fingerprint density at radius 1 is 1.41 bits per heavy atom. The van der Waals surface area contributed by atoms with Crippen molar-refractivity contribution in [3.63, 3.8) is 0 Å². The van der Waals surface area contributed by atoms with Gasteiger partial charge in [0, 0.05) is 6.42 Å². The normalized spacial score (nSPS) is 10.0. The number of nitrogens with zero attached hydrogens (tertiary/aromatic N) is 2. The van der Waals surface area contributed by atoms with Crippen LogP contribution in [0, 0.1) is 0 Å². The van der Waals surface area contributed by atoms with Crippen molar-refractivity contribution in [2.24, 2.45) is 0 Å². The van der Waals surface area contributed by atoms with Crippen LogP contribution in [0.1, 0.15) is 20.3 Å². The molecule has 0 spiro atoms. The second-order valence-corrected chi connectivity index (χ2v) is 5.07. The monoisotopic (exact) mass is 275 g/mol. The zero-order valence-corrected chi connectivity index (χ0v) is 11.2. The number of esters is 1. The number of hydrogen-bond acceptors (Lipinski definition) is 7. The summed E-state index contributed by atoms with van der Waals surface area (Å²) in [5, 5.41) is 10.7. The third-order valence-electron chi connectivity index (χ3n) is 1.59. The summed E-state index contributed by atoms with van der Waals surface area (Å²) in [6.45, 7) is 3.88. The summed E-state index contributed by atoms with van der Waals surface area (Å²) in [6, 6.07) is 0. The SMILES string of the molecule is CCOC(=O)CSc1nnc(NC(=O)CC)s1. The van der Waals surface area contributed by atoms with Gasteiger partial charge in [0.1, 0.15) is 0 Å². The van der Waals surface area contributed by atoms with Crippen molar-refractivity contribution in [1.29, 1.82) is 0 Å². The fraction of sp³-hybridized carbons (Fsp3) is 0.556. The number of aromatic nitrogens is 2. The third-order valence-corrected chi connectivity index (χ3v) is 3.54. The molecule has 0 fully saturated rings. The van der Waals surface area contributed by atoms with Gasteiger partial charge in [0.05, 0.1) is 12.4 Å². The van der Waals surface area contributed by atoms with E-state index in [-0.39, 0.29) is 17.6 Å². The van der Waals surface area contributed by atoms with Crippen LogP contribution in [0.5, 0.6) is 0 Å². The molecule has 17 heavy (non-hydrogen) atoms. The Hall–Kier alpha value is -1.15. The van der Waals surface area contributed by atoms with Crippen molar-refractivity contribution in [2.75, 3.05) is 17.7 Å². The summed E-state index contributed by atoms with van der Waals surface area (Å²) in [7, 11) is 0. The maximum atomic E-state index is 11.1. The molecule has 94 valence electrons. The Balaban J connectivity index is 2.40. The maximum Gasteiger partial charge on any atom is 0.316 e. The van der Waals surface area contributed by atoms with E-state index in [0.717, 1.165) is 0 Å². The Bertz CT molecular complexity index is 395. The van der Waals surface area contributed by atoms with Crippen LogP contribution >= 0.6 is 23.1 Å². The summed E-state index contributed by atoms with van der Waals surface area (Å²) in [6.07, 6.45) is 0.394. The fourth-order valence-electron chi connectivity index (χ4n) is 0.850. The lowest BCUT2D eigenvalue weighted by Gasteiger charge is -1.98. The van der Waals surface area contributed by atoms with Gasteiger partial charge in [-0.15, -0.1) is 10.2 Å². The van der Waals surface area contributed by atoms with E-state index in [1.807, 2.05) is 0 Å². The standard InChI is InChI=1S/C9H13N3O3S2/c1-3-6(13)10-8-11-12-9(17-8)16-5-7(14)15-4-2/h3-5H2,1-2H3,(H,10,11,13). The first-order valence-corrected chi connectivity index (χ1v) is 6.87. The predicted molar refractivity (Wildman–Crippen MR) is 66.2 cm³/mol. The highest BCUT2D eigenvalue weighted by Gasteiger charge is 2.09. The number of ether oxygens (including phenoxy) is 1. The lowest BCUT2D eigenvalue weighted by atomic mass is 10.5. The number of thioether (sulfide) groups is 1. The smallest absolute Gasteiger partial charge is 0.316 e. The van der Waals surface area contributed by atoms with Crippen LogP contribution in [0.2, 0.25) is 0 Å². The van der Waals surface area contributed by atoms with Gasteiger partial charge in [-0.1, -0.05) is 30.0 Å². The molecule has 1 aromatic heterocycles. The van der Waals surface area contributed by atoms with E-state index in [2.05, 4.69) is 15.5 Å². The molecule has 0 aromatic carbocycles. The molecule has 1 heterocycles. The van der Waals surface area contributed by atoms with Crippen molar-refractivity contribution in [3.05, 3.63) is 0 Å². The number of anilines is 1. The summed E-state index contributed by atoms with van der Waals surface area (Å²) in [5.74, 6) is -0.195. The number of nitrogens with one attached hydrogen (secondary N) is 1. The molecule has 6 nitrogen and oxygen atoms in total. The highest BCUT2D eigenvalue weighted by atomic mass is 32.2. The number of rotatable bonds is 6. The summed E-state index contributed by atoms with van der Waals surface area (Å²) >= 11 is 2.48. The van der Waals surface area contributed by atoms with E-state index in [1.54, 1.807) is 13.8 Å². The molecule has 0 radical (unpaired) electrons. The van der Waals surface area contributed by atoms with E-state index < -0.39 is 0 Å². The lowest BCUT2D eigenvalue weighted by Crippen LogP contribution is -2.08. The van der Waals surface area contributed by atoms with E-state index >= 15 is 0 Å². The van der Waals surface area contributed by atoms with Crippen LogP contribution in [-0.2, 0) is 14.3 Å². The molecule has 0 saturated carbocycles. The van der Waals surface area contributed by atoms with Gasteiger partial charge in [0.2, 0.25) is 11.0 Å². The quantitative estimate of drug-likeness (QED) is 0.482. The molecule has 0 unspecified atom stereocenters. The molecule has 1 N–H and O–H groups in total. The highest BCUT2D eigenvalue weighted by molar-refractivity contribution is 8.01. The van der Waals surface area contributed by atoms with Crippen molar-refractivity contribution in [2.45, 2.75) is 24.6 Å². The van der Waals surface area contributed by atoms with E-state index in [1.165, 1.54) is 23.1 Å². The van der Waals surface area contributed by atoms with Crippen LogP contribution in [0.15, 0.2) is 4.34 Å². The third kappa shape index (κ3) is 5.14. The predicted octanol–water partition coefficient (Wildman–Crippen LogP) is 1.54. The molecule has 0 aliphatic carbocycles. The highest BCUT2D eigenvalue weighted by Crippen LogP contribution is 2.25. The molecule has 1 rings (SSSR count). The summed E-state index contributed by atoms with van der Waals surface area (Å²) < 4.78 is 5.41.